The second-order valence-corrected chi connectivity index (χ2v) is 5.36. The minimum absolute atomic E-state index is 0.117. The Morgan fingerprint density at radius 2 is 2.26 bits per heavy atom. The number of hydrogen-bond acceptors (Lipinski definition) is 2. The van der Waals surface area contributed by atoms with Crippen LogP contribution in [0.25, 0.3) is 0 Å². The van der Waals surface area contributed by atoms with Gasteiger partial charge in [-0.05, 0) is 54.9 Å². The van der Waals surface area contributed by atoms with E-state index in [0.29, 0.717) is 12.5 Å². The molecule has 0 heterocycles. The Morgan fingerprint density at radius 1 is 1.53 bits per heavy atom. The maximum atomic E-state index is 11.0. The van der Waals surface area contributed by atoms with E-state index in [0.717, 1.165) is 29.7 Å². The van der Waals surface area contributed by atoms with Gasteiger partial charge in [0, 0.05) is 0 Å². The first-order valence-corrected chi connectivity index (χ1v) is 6.65. The van der Waals surface area contributed by atoms with Gasteiger partial charge in [-0.15, -0.1) is 0 Å². The van der Waals surface area contributed by atoms with Crippen molar-refractivity contribution in [2.45, 2.75) is 32.1 Å². The van der Waals surface area contributed by atoms with E-state index in [9.17, 15) is 4.79 Å². The summed E-state index contributed by atoms with van der Waals surface area (Å²) in [5.74, 6) is 0.695. The van der Waals surface area contributed by atoms with Crippen LogP contribution in [0.15, 0.2) is 36.4 Å². The predicted octanol–water partition coefficient (Wildman–Crippen LogP) is 3.61. The minimum atomic E-state index is -0.731. The summed E-state index contributed by atoms with van der Waals surface area (Å²) in [7, 11) is 0. The van der Waals surface area contributed by atoms with E-state index in [2.05, 4.69) is 6.58 Å². The molecular weight excluding hydrogens is 240 g/mol. The number of aliphatic carboxylic acids is 1. The molecule has 1 aliphatic carbocycles. The van der Waals surface area contributed by atoms with Crippen molar-refractivity contribution in [3.63, 3.8) is 0 Å². The molecule has 0 aliphatic heterocycles. The lowest BCUT2D eigenvalue weighted by atomic mass is 9.91. The molecule has 1 atom stereocenters. The summed E-state index contributed by atoms with van der Waals surface area (Å²) in [6.45, 7) is 6.22. The van der Waals surface area contributed by atoms with Crippen molar-refractivity contribution in [1.82, 2.24) is 0 Å². The van der Waals surface area contributed by atoms with Crippen molar-refractivity contribution in [2.24, 2.45) is 5.92 Å². The zero-order valence-electron chi connectivity index (χ0n) is 11.3. The average Bonchev–Trinajstić information content (AvgIpc) is 3.18. The van der Waals surface area contributed by atoms with Crippen LogP contribution in [-0.2, 0) is 4.79 Å². The molecule has 1 aliphatic rings. The van der Waals surface area contributed by atoms with Gasteiger partial charge in [-0.2, -0.15) is 0 Å². The third kappa shape index (κ3) is 4.12. The molecule has 0 saturated heterocycles. The molecule has 102 valence electrons. The Morgan fingerprint density at radius 3 is 2.84 bits per heavy atom. The van der Waals surface area contributed by atoms with Crippen LogP contribution >= 0.6 is 0 Å². The summed E-state index contributed by atoms with van der Waals surface area (Å²) in [4.78, 5) is 11.0. The highest BCUT2D eigenvalue weighted by Gasteiger charge is 2.33. The molecule has 0 spiro atoms. The number of ether oxygens (including phenoxy) is 1. The lowest BCUT2D eigenvalue weighted by Gasteiger charge is -2.16. The van der Waals surface area contributed by atoms with E-state index in [1.807, 2.05) is 31.2 Å². The first kappa shape index (κ1) is 13.7. The topological polar surface area (TPSA) is 46.5 Å². The molecule has 3 heteroatoms. The SMILES string of the molecule is C=C(C)COc1cccc(C(CC(=O)O)C2CC2)c1. The van der Waals surface area contributed by atoms with Crippen molar-refractivity contribution >= 4 is 5.97 Å². The molecule has 0 radical (unpaired) electrons. The van der Waals surface area contributed by atoms with E-state index in [4.69, 9.17) is 9.84 Å². The quantitative estimate of drug-likeness (QED) is 0.762. The highest BCUT2D eigenvalue weighted by molar-refractivity contribution is 5.68. The molecule has 1 aromatic carbocycles. The van der Waals surface area contributed by atoms with Crippen molar-refractivity contribution in [3.8, 4) is 5.75 Å². The van der Waals surface area contributed by atoms with Crippen LogP contribution in [0.5, 0.6) is 5.75 Å². The van der Waals surface area contributed by atoms with Crippen LogP contribution in [-0.4, -0.2) is 17.7 Å². The highest BCUT2D eigenvalue weighted by Crippen LogP contribution is 2.45. The Labute approximate surface area is 113 Å². The van der Waals surface area contributed by atoms with Gasteiger partial charge in [0.1, 0.15) is 12.4 Å². The molecule has 1 unspecified atom stereocenters. The summed E-state index contributed by atoms with van der Waals surface area (Å²) in [5, 5.41) is 9.02. The molecule has 1 aromatic rings. The Balaban J connectivity index is 2.10. The van der Waals surface area contributed by atoms with Gasteiger partial charge in [-0.3, -0.25) is 4.79 Å². The van der Waals surface area contributed by atoms with E-state index >= 15 is 0 Å². The maximum absolute atomic E-state index is 11.0. The molecule has 3 nitrogen and oxygen atoms in total. The summed E-state index contributed by atoms with van der Waals surface area (Å²) in [6.07, 6.45) is 2.47. The van der Waals surface area contributed by atoms with Gasteiger partial charge in [0.15, 0.2) is 0 Å². The van der Waals surface area contributed by atoms with Gasteiger partial charge in [-0.1, -0.05) is 18.7 Å². The molecular formula is C16H20O3. The van der Waals surface area contributed by atoms with Crippen LogP contribution in [0.2, 0.25) is 0 Å². The number of benzene rings is 1. The summed E-state index contributed by atoms with van der Waals surface area (Å²) in [6, 6.07) is 7.80. The van der Waals surface area contributed by atoms with Gasteiger partial charge in [-0.25, -0.2) is 0 Å². The Bertz CT molecular complexity index is 475. The fraction of sp³-hybridized carbons (Fsp3) is 0.438. The van der Waals surface area contributed by atoms with E-state index in [1.54, 1.807) is 0 Å². The number of carboxylic acids is 1. The summed E-state index contributed by atoms with van der Waals surface area (Å²) in [5.41, 5.74) is 2.04. The number of carboxylic acid groups (broad SMARTS) is 1. The molecule has 0 amide bonds. The largest absolute Gasteiger partial charge is 0.489 e. The number of hydrogen-bond donors (Lipinski definition) is 1. The molecule has 0 bridgehead atoms. The van der Waals surface area contributed by atoms with Crippen molar-refractivity contribution in [1.29, 1.82) is 0 Å². The fourth-order valence-electron chi connectivity index (χ4n) is 2.28. The van der Waals surface area contributed by atoms with Gasteiger partial charge >= 0.3 is 5.97 Å². The van der Waals surface area contributed by atoms with Crippen LogP contribution in [0.4, 0.5) is 0 Å². The van der Waals surface area contributed by atoms with Crippen molar-refractivity contribution in [3.05, 3.63) is 42.0 Å². The van der Waals surface area contributed by atoms with E-state index in [-0.39, 0.29) is 12.3 Å². The Kier molecular flexibility index (Phi) is 4.25. The van der Waals surface area contributed by atoms with E-state index in [1.165, 1.54) is 0 Å². The second-order valence-electron chi connectivity index (χ2n) is 5.36. The molecule has 19 heavy (non-hydrogen) atoms. The average molecular weight is 260 g/mol. The predicted molar refractivity (Wildman–Crippen MR) is 74.5 cm³/mol. The third-order valence-corrected chi connectivity index (χ3v) is 3.36. The van der Waals surface area contributed by atoms with Gasteiger partial charge in [0.05, 0.1) is 6.42 Å². The summed E-state index contributed by atoms with van der Waals surface area (Å²) < 4.78 is 5.62. The van der Waals surface area contributed by atoms with Gasteiger partial charge in [0.2, 0.25) is 0 Å². The molecule has 2 rings (SSSR count). The van der Waals surface area contributed by atoms with E-state index < -0.39 is 5.97 Å². The monoisotopic (exact) mass is 260 g/mol. The zero-order chi connectivity index (χ0) is 13.8. The van der Waals surface area contributed by atoms with Crippen molar-refractivity contribution < 1.29 is 14.6 Å². The van der Waals surface area contributed by atoms with Crippen LogP contribution < -0.4 is 4.74 Å². The van der Waals surface area contributed by atoms with Crippen LogP contribution in [0.3, 0.4) is 0 Å². The second kappa shape index (κ2) is 5.91. The standard InChI is InChI=1S/C16H20O3/c1-11(2)10-19-14-5-3-4-13(8-14)15(9-16(17)18)12-6-7-12/h3-5,8,12,15H,1,6-7,9-10H2,2H3,(H,17,18). The maximum Gasteiger partial charge on any atom is 0.303 e. The molecule has 1 fully saturated rings. The number of rotatable bonds is 7. The molecule has 1 saturated carbocycles. The smallest absolute Gasteiger partial charge is 0.303 e. The molecule has 0 aromatic heterocycles. The molecule has 1 N–H and O–H groups in total. The third-order valence-electron chi connectivity index (χ3n) is 3.36. The van der Waals surface area contributed by atoms with Crippen LogP contribution in [0, 0.1) is 5.92 Å². The first-order chi connectivity index (χ1) is 9.06. The highest BCUT2D eigenvalue weighted by atomic mass is 16.5. The van der Waals surface area contributed by atoms with Crippen molar-refractivity contribution in [2.75, 3.05) is 6.61 Å². The first-order valence-electron chi connectivity index (χ1n) is 6.65. The Hall–Kier alpha value is -1.77. The van der Waals surface area contributed by atoms with Gasteiger partial charge in [0.25, 0.3) is 0 Å². The summed E-state index contributed by atoms with van der Waals surface area (Å²) >= 11 is 0. The minimum Gasteiger partial charge on any atom is -0.489 e. The normalized spacial score (nSPS) is 15.8. The van der Waals surface area contributed by atoms with Gasteiger partial charge < -0.3 is 9.84 Å². The lowest BCUT2D eigenvalue weighted by Crippen LogP contribution is -2.08. The van der Waals surface area contributed by atoms with Crippen LogP contribution in [0.1, 0.15) is 37.7 Å². The fourth-order valence-corrected chi connectivity index (χ4v) is 2.28. The zero-order valence-corrected chi connectivity index (χ0v) is 11.3. The number of carbonyl (C=O) groups is 1. The lowest BCUT2D eigenvalue weighted by molar-refractivity contribution is -0.137.